The van der Waals surface area contributed by atoms with Gasteiger partial charge < -0.3 is 0 Å². The van der Waals surface area contributed by atoms with Gasteiger partial charge in [-0.1, -0.05) is 133 Å². The maximum Gasteiger partial charge on any atom is 0.165 e. The summed E-state index contributed by atoms with van der Waals surface area (Å²) in [5.74, 6) is 0.850. The van der Waals surface area contributed by atoms with Crippen LogP contribution in [0.1, 0.15) is 0 Å². The van der Waals surface area contributed by atoms with E-state index in [1.54, 1.807) is 0 Å². The molecule has 0 N–H and O–H groups in total. The van der Waals surface area contributed by atoms with Crippen molar-refractivity contribution in [3.63, 3.8) is 0 Å². The second-order valence-corrected chi connectivity index (χ2v) is 11.1. The first-order chi connectivity index (χ1) is 22.3. The molecule has 212 valence electrons. The van der Waals surface area contributed by atoms with E-state index < -0.39 is 0 Å². The SMILES string of the molecule is c1ccc(-c2cc(-c3ccccc3)cc(-c3nc4c(-c5ccccc5-c5ccccc5)ccnc4n3-c3ccccc3)c2)cc1. The van der Waals surface area contributed by atoms with Crippen molar-refractivity contribution in [1.29, 1.82) is 0 Å². The molecule has 0 amide bonds. The third-order valence-electron chi connectivity index (χ3n) is 8.27. The molecule has 0 atom stereocenters. The number of aromatic nitrogens is 3. The van der Waals surface area contributed by atoms with Gasteiger partial charge in [0.15, 0.2) is 5.65 Å². The third kappa shape index (κ3) is 5.01. The summed E-state index contributed by atoms with van der Waals surface area (Å²) in [6, 6.07) is 59.5. The van der Waals surface area contributed by atoms with Crippen LogP contribution in [0.25, 0.3) is 72.7 Å². The summed E-state index contributed by atoms with van der Waals surface area (Å²) < 4.78 is 2.20. The van der Waals surface area contributed by atoms with Gasteiger partial charge >= 0.3 is 0 Å². The van der Waals surface area contributed by atoms with Gasteiger partial charge in [-0.15, -0.1) is 0 Å². The van der Waals surface area contributed by atoms with Crippen LogP contribution in [0.3, 0.4) is 0 Å². The zero-order valence-electron chi connectivity index (χ0n) is 24.6. The van der Waals surface area contributed by atoms with Crippen molar-refractivity contribution in [2.75, 3.05) is 0 Å². The fraction of sp³-hybridized carbons (Fsp3) is 0. The lowest BCUT2D eigenvalue weighted by Crippen LogP contribution is -1.99. The summed E-state index contributed by atoms with van der Waals surface area (Å²) in [7, 11) is 0. The maximum atomic E-state index is 5.44. The molecule has 8 rings (SSSR count). The summed E-state index contributed by atoms with van der Waals surface area (Å²) in [5.41, 5.74) is 12.9. The highest BCUT2D eigenvalue weighted by atomic mass is 15.1. The van der Waals surface area contributed by atoms with E-state index >= 15 is 0 Å². The summed E-state index contributed by atoms with van der Waals surface area (Å²) >= 11 is 0. The monoisotopic (exact) mass is 575 g/mol. The van der Waals surface area contributed by atoms with Gasteiger partial charge in [-0.3, -0.25) is 4.57 Å². The lowest BCUT2D eigenvalue weighted by molar-refractivity contribution is 1.08. The molecule has 0 saturated carbocycles. The van der Waals surface area contributed by atoms with Crippen molar-refractivity contribution >= 4 is 11.2 Å². The van der Waals surface area contributed by atoms with Crippen molar-refractivity contribution in [3.05, 3.63) is 176 Å². The Hall–Kier alpha value is -6.06. The second-order valence-electron chi connectivity index (χ2n) is 11.1. The van der Waals surface area contributed by atoms with Crippen molar-refractivity contribution in [2.24, 2.45) is 0 Å². The van der Waals surface area contributed by atoms with Crippen LogP contribution >= 0.6 is 0 Å². The van der Waals surface area contributed by atoms with Crippen molar-refractivity contribution in [2.45, 2.75) is 0 Å². The van der Waals surface area contributed by atoms with Gasteiger partial charge in [-0.2, -0.15) is 0 Å². The number of pyridine rings is 1. The lowest BCUT2D eigenvalue weighted by atomic mass is 9.94. The van der Waals surface area contributed by atoms with E-state index in [9.17, 15) is 0 Å². The van der Waals surface area contributed by atoms with Gasteiger partial charge in [-0.05, 0) is 75.3 Å². The molecule has 0 unspecified atom stereocenters. The minimum Gasteiger partial charge on any atom is -0.277 e. The number of rotatable bonds is 6. The van der Waals surface area contributed by atoms with Crippen LogP contribution in [0, 0.1) is 0 Å². The van der Waals surface area contributed by atoms with Gasteiger partial charge in [0, 0.05) is 23.0 Å². The standard InChI is InChI=1S/C42H29N3/c1-5-15-30(16-6-1)33-27-34(31-17-7-2-8-18-31)29-35(28-33)41-44-40-39(25-26-43-42(40)45(41)36-21-11-4-12-22-36)38-24-14-13-23-37(38)32-19-9-3-10-20-32/h1-29H. The van der Waals surface area contributed by atoms with E-state index in [4.69, 9.17) is 9.97 Å². The van der Waals surface area contributed by atoms with Gasteiger partial charge in [0.2, 0.25) is 0 Å². The second kappa shape index (κ2) is 11.6. The Labute approximate surface area is 262 Å². The average molecular weight is 576 g/mol. The molecule has 2 aromatic heterocycles. The first kappa shape index (κ1) is 26.6. The predicted octanol–water partition coefficient (Wildman–Crippen LogP) is 10.8. The molecule has 0 saturated heterocycles. The molecule has 2 heterocycles. The minimum atomic E-state index is 0.822. The summed E-state index contributed by atoms with van der Waals surface area (Å²) in [4.78, 5) is 10.4. The Kier molecular flexibility index (Phi) is 6.82. The van der Waals surface area contributed by atoms with E-state index in [-0.39, 0.29) is 0 Å². The number of hydrogen-bond acceptors (Lipinski definition) is 2. The van der Waals surface area contributed by atoms with Crippen LogP contribution in [0.4, 0.5) is 0 Å². The molecule has 0 fully saturated rings. The quantitative estimate of drug-likeness (QED) is 0.197. The highest BCUT2D eigenvalue weighted by Gasteiger charge is 2.21. The highest BCUT2D eigenvalue weighted by molar-refractivity contribution is 5.98. The van der Waals surface area contributed by atoms with Gasteiger partial charge in [0.1, 0.15) is 11.3 Å². The predicted molar refractivity (Wildman–Crippen MR) is 186 cm³/mol. The van der Waals surface area contributed by atoms with E-state index in [0.717, 1.165) is 61.6 Å². The molecule has 45 heavy (non-hydrogen) atoms. The molecule has 0 aliphatic heterocycles. The molecule has 0 aliphatic carbocycles. The Morgan fingerprint density at radius 3 is 1.47 bits per heavy atom. The Morgan fingerprint density at radius 1 is 0.378 bits per heavy atom. The van der Waals surface area contributed by atoms with Crippen LogP contribution in [0.15, 0.2) is 176 Å². The van der Waals surface area contributed by atoms with Crippen molar-refractivity contribution < 1.29 is 0 Å². The Balaban J connectivity index is 1.42. The minimum absolute atomic E-state index is 0.822. The highest BCUT2D eigenvalue weighted by Crippen LogP contribution is 2.39. The van der Waals surface area contributed by atoms with Crippen LogP contribution in [0.5, 0.6) is 0 Å². The molecule has 8 aromatic rings. The summed E-state index contributed by atoms with van der Waals surface area (Å²) in [5, 5.41) is 0. The fourth-order valence-corrected chi connectivity index (χ4v) is 6.14. The number of nitrogens with zero attached hydrogens (tertiary/aromatic N) is 3. The number of hydrogen-bond donors (Lipinski definition) is 0. The van der Waals surface area contributed by atoms with E-state index in [2.05, 4.69) is 168 Å². The normalized spacial score (nSPS) is 11.1. The zero-order chi connectivity index (χ0) is 30.0. The topological polar surface area (TPSA) is 30.7 Å². The maximum absolute atomic E-state index is 5.44. The molecule has 6 aromatic carbocycles. The summed E-state index contributed by atoms with van der Waals surface area (Å²) in [6.07, 6.45) is 1.90. The molecule has 0 radical (unpaired) electrons. The largest absolute Gasteiger partial charge is 0.277 e. The average Bonchev–Trinajstić information content (AvgIpc) is 3.53. The number of fused-ring (bicyclic) bond motifs is 1. The first-order valence-electron chi connectivity index (χ1n) is 15.2. The molecular formula is C42H29N3. The molecule has 0 aliphatic rings. The first-order valence-corrected chi connectivity index (χ1v) is 15.2. The molecular weight excluding hydrogens is 546 g/mol. The zero-order valence-corrected chi connectivity index (χ0v) is 24.6. The van der Waals surface area contributed by atoms with Crippen molar-refractivity contribution in [3.8, 4) is 61.6 Å². The number of benzene rings is 6. The van der Waals surface area contributed by atoms with Crippen molar-refractivity contribution in [1.82, 2.24) is 14.5 Å². The van der Waals surface area contributed by atoms with Gasteiger partial charge in [-0.25, -0.2) is 9.97 Å². The molecule has 0 bridgehead atoms. The van der Waals surface area contributed by atoms with E-state index in [1.807, 2.05) is 12.3 Å². The molecule has 0 spiro atoms. The smallest absolute Gasteiger partial charge is 0.165 e. The van der Waals surface area contributed by atoms with Crippen LogP contribution in [-0.4, -0.2) is 14.5 Å². The van der Waals surface area contributed by atoms with Gasteiger partial charge in [0.25, 0.3) is 0 Å². The fourth-order valence-electron chi connectivity index (χ4n) is 6.14. The van der Waals surface area contributed by atoms with Crippen LogP contribution < -0.4 is 0 Å². The van der Waals surface area contributed by atoms with Gasteiger partial charge in [0.05, 0.1) is 0 Å². The Bertz CT molecular complexity index is 2180. The number of para-hydroxylation sites is 1. The van der Waals surface area contributed by atoms with E-state index in [0.29, 0.717) is 0 Å². The molecule has 3 nitrogen and oxygen atoms in total. The van der Waals surface area contributed by atoms with E-state index in [1.165, 1.54) is 11.1 Å². The van der Waals surface area contributed by atoms with Crippen LogP contribution in [0.2, 0.25) is 0 Å². The number of imidazole rings is 1. The molecule has 3 heteroatoms. The Morgan fingerprint density at radius 2 is 0.867 bits per heavy atom. The lowest BCUT2D eigenvalue weighted by Gasteiger charge is -2.13. The van der Waals surface area contributed by atoms with Crippen LogP contribution in [-0.2, 0) is 0 Å². The third-order valence-corrected chi connectivity index (χ3v) is 8.27. The summed E-state index contributed by atoms with van der Waals surface area (Å²) in [6.45, 7) is 0.